The number of alkyl halides is 3. The summed E-state index contributed by atoms with van der Waals surface area (Å²) in [6.07, 6.45) is -4.76. The number of nitrogens with two attached hydrogens (primary N) is 1. The smallest absolute Gasteiger partial charge is 0.368 e. The van der Waals surface area contributed by atoms with E-state index < -0.39 is 39.9 Å². The molecule has 1 aliphatic heterocycles. The minimum absolute atomic E-state index is 0.0113. The predicted octanol–water partition coefficient (Wildman–Crippen LogP) is 3.09. The molecule has 9 nitrogen and oxygen atoms in total. The van der Waals surface area contributed by atoms with Crippen LogP contribution in [0.4, 0.5) is 34.3 Å². The molecule has 0 radical (unpaired) electrons. The molecule has 4 N–H and O–H groups in total. The number of nitrogens with zero attached hydrogens (tertiary/aromatic N) is 4. The highest BCUT2D eigenvalue weighted by molar-refractivity contribution is 7.92. The largest absolute Gasteiger partial charge is 0.390 e. The van der Waals surface area contributed by atoms with Crippen molar-refractivity contribution in [2.45, 2.75) is 12.6 Å². The van der Waals surface area contributed by atoms with Gasteiger partial charge in [-0.05, 0) is 18.2 Å². The molecule has 0 atom stereocenters. The molecule has 15 heteroatoms. The van der Waals surface area contributed by atoms with Crippen LogP contribution in [0.3, 0.4) is 0 Å². The highest BCUT2D eigenvalue weighted by Gasteiger charge is 2.30. The maximum absolute atomic E-state index is 15.5. The number of anilines is 3. The topological polar surface area (TPSA) is 126 Å². The second kappa shape index (κ2) is 9.91. The van der Waals surface area contributed by atoms with Crippen molar-refractivity contribution >= 4 is 38.1 Å². The van der Waals surface area contributed by atoms with Gasteiger partial charge in [0.15, 0.2) is 10.9 Å². The lowest BCUT2D eigenvalue weighted by molar-refractivity contribution is -0.129. The molecule has 1 saturated heterocycles. The van der Waals surface area contributed by atoms with Gasteiger partial charge in [-0.15, -0.1) is 0 Å². The van der Waals surface area contributed by atoms with Crippen molar-refractivity contribution in [2.75, 3.05) is 47.3 Å². The number of hydrogen-bond acceptors (Lipinski definition) is 9. The summed E-state index contributed by atoms with van der Waals surface area (Å²) in [7, 11) is -4.45. The summed E-state index contributed by atoms with van der Waals surface area (Å²) in [5.41, 5.74) is 5.82. The molecule has 1 aromatic carbocycles. The van der Waals surface area contributed by atoms with Gasteiger partial charge in [0.1, 0.15) is 0 Å². The van der Waals surface area contributed by atoms with E-state index in [-0.39, 0.29) is 17.2 Å². The normalized spacial score (nSPS) is 14.8. The van der Waals surface area contributed by atoms with E-state index in [0.29, 0.717) is 28.8 Å². The summed E-state index contributed by atoms with van der Waals surface area (Å²) in [5.74, 6) is -2.18. The first kappa shape index (κ1) is 25.1. The van der Waals surface area contributed by atoms with Crippen LogP contribution in [0.2, 0.25) is 0 Å². The van der Waals surface area contributed by atoms with Crippen LogP contribution >= 0.6 is 11.3 Å². The van der Waals surface area contributed by atoms with E-state index >= 15 is 4.39 Å². The van der Waals surface area contributed by atoms with Crippen molar-refractivity contribution in [1.29, 1.82) is 0 Å². The van der Waals surface area contributed by atoms with E-state index in [9.17, 15) is 21.6 Å². The molecule has 0 amide bonds. The monoisotopic (exact) mass is 531 g/mol. The van der Waals surface area contributed by atoms with Crippen molar-refractivity contribution < 1.29 is 26.0 Å². The van der Waals surface area contributed by atoms with Gasteiger partial charge in [-0.3, -0.25) is 4.72 Å². The number of thiazole rings is 1. The van der Waals surface area contributed by atoms with Crippen LogP contribution < -0.4 is 20.7 Å². The number of aromatic nitrogens is 3. The molecule has 1 fully saturated rings. The molecule has 2 aromatic heterocycles. The maximum atomic E-state index is 15.5. The van der Waals surface area contributed by atoms with Crippen LogP contribution in [0.15, 0.2) is 30.5 Å². The predicted molar refractivity (Wildman–Crippen MR) is 126 cm³/mol. The van der Waals surface area contributed by atoms with E-state index in [1.54, 1.807) is 6.07 Å². The molecule has 188 valence electrons. The zero-order chi connectivity index (χ0) is 25.2. The quantitative estimate of drug-likeness (QED) is 0.397. The highest BCUT2D eigenvalue weighted by atomic mass is 32.2. The van der Waals surface area contributed by atoms with Crippen molar-refractivity contribution in [3.05, 3.63) is 36.3 Å². The third-order valence-electron chi connectivity index (χ3n) is 5.08. The zero-order valence-electron chi connectivity index (χ0n) is 18.1. The lowest BCUT2D eigenvalue weighted by Crippen LogP contribution is -2.43. The van der Waals surface area contributed by atoms with E-state index in [2.05, 4.69) is 20.3 Å². The minimum Gasteiger partial charge on any atom is -0.368 e. The van der Waals surface area contributed by atoms with Crippen molar-refractivity contribution in [3.8, 4) is 21.8 Å². The lowest BCUT2D eigenvalue weighted by Gasteiger charge is -2.26. The Bertz CT molecular complexity index is 1310. The van der Waals surface area contributed by atoms with E-state index in [4.69, 9.17) is 5.73 Å². The Morgan fingerprint density at radius 2 is 1.91 bits per heavy atom. The molecule has 3 heterocycles. The van der Waals surface area contributed by atoms with Gasteiger partial charge in [0.25, 0.3) is 0 Å². The second-order valence-electron chi connectivity index (χ2n) is 7.66. The summed E-state index contributed by atoms with van der Waals surface area (Å²) < 4.78 is 79.2. The van der Waals surface area contributed by atoms with Crippen LogP contribution in [0, 0.1) is 5.82 Å². The fraction of sp³-hybridized carbons (Fsp3) is 0.350. The van der Waals surface area contributed by atoms with Crippen LogP contribution in [-0.2, 0) is 10.0 Å². The van der Waals surface area contributed by atoms with Gasteiger partial charge in [-0.2, -0.15) is 13.2 Å². The van der Waals surface area contributed by atoms with Crippen LogP contribution in [0.25, 0.3) is 21.8 Å². The third kappa shape index (κ3) is 6.15. The number of piperazine rings is 1. The van der Waals surface area contributed by atoms with Gasteiger partial charge >= 0.3 is 6.18 Å². The average Bonchev–Trinajstić information content (AvgIpc) is 3.25. The Morgan fingerprint density at radius 1 is 1.17 bits per heavy atom. The molecule has 0 unspecified atom stereocenters. The second-order valence-corrected chi connectivity index (χ2v) is 10.5. The van der Waals surface area contributed by atoms with Crippen molar-refractivity contribution in [2.24, 2.45) is 0 Å². The Kier molecular flexibility index (Phi) is 7.10. The molecule has 0 aliphatic carbocycles. The zero-order valence-corrected chi connectivity index (χ0v) is 19.8. The molecule has 4 rings (SSSR count). The molecular weight excluding hydrogens is 510 g/mol. The summed E-state index contributed by atoms with van der Waals surface area (Å²) >= 11 is 1.27. The Balaban J connectivity index is 1.74. The molecule has 0 bridgehead atoms. The van der Waals surface area contributed by atoms with Gasteiger partial charge in [-0.1, -0.05) is 17.4 Å². The fourth-order valence-corrected chi connectivity index (χ4v) is 5.62. The molecular formula is C20H21F4N7O2S2. The fourth-order valence-electron chi connectivity index (χ4n) is 3.42. The minimum atomic E-state index is -4.66. The van der Waals surface area contributed by atoms with Gasteiger partial charge in [0, 0.05) is 37.9 Å². The SMILES string of the molecule is Nc1nccc(-c2sc(N3CCNCC3)nc2-c2cccc(NS(=O)(=O)CCC(F)(F)F)c2F)n1. The van der Waals surface area contributed by atoms with Crippen molar-refractivity contribution in [1.82, 2.24) is 20.3 Å². The molecule has 0 spiro atoms. The number of hydrogen-bond donors (Lipinski definition) is 3. The van der Waals surface area contributed by atoms with Crippen LogP contribution in [-0.4, -0.2) is 61.5 Å². The summed E-state index contributed by atoms with van der Waals surface area (Å²) in [4.78, 5) is 15.2. The molecule has 1 aliphatic rings. The van der Waals surface area contributed by atoms with Crippen LogP contribution in [0.1, 0.15) is 6.42 Å². The van der Waals surface area contributed by atoms with Gasteiger partial charge in [-0.25, -0.2) is 27.8 Å². The Labute approximate surface area is 202 Å². The first-order valence-electron chi connectivity index (χ1n) is 10.4. The first-order chi connectivity index (χ1) is 16.5. The van der Waals surface area contributed by atoms with E-state index in [1.165, 1.54) is 29.7 Å². The number of sulfonamides is 1. The number of nitrogen functional groups attached to an aromatic ring is 1. The Morgan fingerprint density at radius 3 is 2.60 bits per heavy atom. The maximum Gasteiger partial charge on any atom is 0.390 e. The number of nitrogens with one attached hydrogen (secondary N) is 2. The third-order valence-corrected chi connectivity index (χ3v) is 7.49. The Hall–Kier alpha value is -3.04. The number of benzene rings is 1. The average molecular weight is 532 g/mol. The molecule has 0 saturated carbocycles. The molecule has 3 aromatic rings. The number of halogens is 4. The number of rotatable bonds is 7. The summed E-state index contributed by atoms with van der Waals surface area (Å²) in [5, 5.41) is 3.85. The lowest BCUT2D eigenvalue weighted by atomic mass is 10.1. The summed E-state index contributed by atoms with van der Waals surface area (Å²) in [6.45, 7) is 2.85. The van der Waals surface area contributed by atoms with Gasteiger partial charge < -0.3 is 16.0 Å². The highest BCUT2D eigenvalue weighted by Crippen LogP contribution is 2.41. The van der Waals surface area contributed by atoms with E-state index in [1.807, 2.05) is 9.62 Å². The standard InChI is InChI=1S/C20H21F4N7O2S2/c21-15-12(2-1-3-13(15)30-35(32,33)11-5-20(22,23)24)16-17(14-4-6-27-18(25)28-14)34-19(29-16)31-9-7-26-8-10-31/h1-4,6,26,30H,5,7-11H2,(H2,25,27,28). The summed E-state index contributed by atoms with van der Waals surface area (Å²) in [6, 6.07) is 5.53. The molecule has 35 heavy (non-hydrogen) atoms. The van der Waals surface area contributed by atoms with Gasteiger partial charge in [0.2, 0.25) is 16.0 Å². The van der Waals surface area contributed by atoms with E-state index in [0.717, 1.165) is 19.2 Å². The first-order valence-corrected chi connectivity index (χ1v) is 12.9. The van der Waals surface area contributed by atoms with Crippen LogP contribution in [0.5, 0.6) is 0 Å². The van der Waals surface area contributed by atoms with Gasteiger partial charge in [0.05, 0.1) is 34.1 Å². The van der Waals surface area contributed by atoms with Crippen molar-refractivity contribution in [3.63, 3.8) is 0 Å².